The van der Waals surface area contributed by atoms with Crippen LogP contribution in [-0.4, -0.2) is 150 Å². The molecule has 3 aromatic heterocycles. The highest BCUT2D eigenvalue weighted by Crippen LogP contribution is 2.44. The highest BCUT2D eigenvalue weighted by Gasteiger charge is 2.39. The Balaban J connectivity index is 1.18. The van der Waals surface area contributed by atoms with Crippen LogP contribution in [0.25, 0.3) is 33.4 Å². The zero-order chi connectivity index (χ0) is 50.2. The normalized spacial score (nSPS) is 21.9. The SMILES string of the molecule is CCn1c(-c2cc(N3CCN(C)CC3)cnc2[C@H](C)OC)c2c3cc(c(F)cc31)-c1csc(n1)C[C@H](NC(=O)[C@@H](COC1CN(C(=O)[C@H](F)Cl)C1)C(C)C)C(=O)N1CCC[C@H](N1)C(=O)OCC(C)(C)C2. The zero-order valence-corrected chi connectivity index (χ0v) is 42.9. The number of piperazine rings is 1. The van der Waals surface area contributed by atoms with E-state index in [1.54, 1.807) is 18.6 Å². The number of rotatable bonds is 12. The number of aryl methyl sites for hydroxylation is 1. The first-order chi connectivity index (χ1) is 33.4. The standard InChI is InChI=1S/C50H66ClF2N9O7S/c1-9-61-41-19-37(52)33-18-32(41)35(44(61)34-17-30(22-54-43(34)29(4)67-8)59-15-13-58(7)14-16-59)21-50(5,6)27-69-49(66)38-11-10-12-62(57-38)47(64)39(20-42-55-40(33)26-70-42)56-46(63)36(28(2)3)25-68-31-23-60(24-31)48(65)45(51)53/h17-19,22,26,28-29,31,36,38-39,45,57H,9-16,20-21,23-25,27H2,1-8H3,(H,56,63)/t29-,36-,38-,39-,45-/m0/s1. The second-order valence-electron chi connectivity index (χ2n) is 20.2. The van der Waals surface area contributed by atoms with Gasteiger partial charge in [0.05, 0.1) is 70.8 Å². The summed E-state index contributed by atoms with van der Waals surface area (Å²) in [6.45, 7) is 16.5. The minimum atomic E-state index is -2.14. The Hall–Kier alpha value is -4.79. The molecule has 3 amide bonds. The van der Waals surface area contributed by atoms with Crippen molar-refractivity contribution in [2.75, 3.05) is 78.1 Å². The molecule has 0 saturated carbocycles. The van der Waals surface area contributed by atoms with Crippen LogP contribution in [0, 0.1) is 23.1 Å². The van der Waals surface area contributed by atoms with Gasteiger partial charge in [-0.15, -0.1) is 11.3 Å². The van der Waals surface area contributed by atoms with Crippen LogP contribution in [0.15, 0.2) is 29.8 Å². The maximum absolute atomic E-state index is 16.9. The molecule has 0 aliphatic carbocycles. The van der Waals surface area contributed by atoms with E-state index in [9.17, 15) is 23.6 Å². The minimum Gasteiger partial charge on any atom is -0.464 e. The van der Waals surface area contributed by atoms with Gasteiger partial charge in [-0.1, -0.05) is 39.3 Å². The number of carbonyl (C=O) groups is 4. The summed E-state index contributed by atoms with van der Waals surface area (Å²) in [5.74, 6) is -3.63. The second-order valence-corrected chi connectivity index (χ2v) is 21.5. The molecule has 3 saturated heterocycles. The van der Waals surface area contributed by atoms with Crippen molar-refractivity contribution in [3.63, 3.8) is 0 Å². The first-order valence-corrected chi connectivity index (χ1v) is 25.7. The van der Waals surface area contributed by atoms with Crippen molar-refractivity contribution in [2.45, 2.75) is 104 Å². The van der Waals surface area contributed by atoms with E-state index in [4.69, 9.17) is 35.8 Å². The Labute approximate surface area is 417 Å². The fraction of sp³-hybridized carbons (Fsp3) is 0.600. The fourth-order valence-corrected chi connectivity index (χ4v) is 10.8. The number of nitrogens with zero attached hydrogens (tertiary/aromatic N) is 7. The fourth-order valence-electron chi connectivity index (χ4n) is 9.83. The van der Waals surface area contributed by atoms with Gasteiger partial charge in [-0.3, -0.25) is 29.2 Å². The van der Waals surface area contributed by atoms with Gasteiger partial charge in [0.2, 0.25) is 5.91 Å². The van der Waals surface area contributed by atoms with Crippen LogP contribution in [0.2, 0.25) is 0 Å². The summed E-state index contributed by atoms with van der Waals surface area (Å²) in [5.41, 5.74) is 6.17. The lowest BCUT2D eigenvalue weighted by Gasteiger charge is -2.39. The molecule has 2 N–H and O–H groups in total. The van der Waals surface area contributed by atoms with Crippen molar-refractivity contribution in [1.29, 1.82) is 0 Å². The molecule has 5 atom stereocenters. The number of amides is 3. The molecule has 16 nitrogen and oxygen atoms in total. The molecule has 4 aliphatic heterocycles. The van der Waals surface area contributed by atoms with Crippen molar-refractivity contribution in [3.05, 3.63) is 51.9 Å². The van der Waals surface area contributed by atoms with Gasteiger partial charge in [-0.2, -0.15) is 0 Å². The number of aromatic nitrogens is 3. The monoisotopic (exact) mass is 1010 g/mol. The van der Waals surface area contributed by atoms with Crippen LogP contribution in [0.1, 0.15) is 76.8 Å². The van der Waals surface area contributed by atoms with Crippen molar-refractivity contribution in [2.24, 2.45) is 17.3 Å². The molecular weight excluding hydrogens is 944 g/mol. The number of likely N-dealkylation sites (N-methyl/N-ethyl adjacent to an activating group) is 1. The number of benzene rings is 1. The third kappa shape index (κ3) is 11.0. The topological polar surface area (TPSA) is 164 Å². The van der Waals surface area contributed by atoms with Crippen molar-refractivity contribution < 1.29 is 42.2 Å². The zero-order valence-electron chi connectivity index (χ0n) is 41.4. The van der Waals surface area contributed by atoms with E-state index in [0.717, 1.165) is 59.8 Å². The van der Waals surface area contributed by atoms with Crippen molar-refractivity contribution in [1.82, 2.24) is 40.1 Å². The van der Waals surface area contributed by atoms with E-state index in [1.807, 2.05) is 53.8 Å². The molecule has 8 rings (SSSR count). The van der Waals surface area contributed by atoms with Crippen molar-refractivity contribution >= 4 is 63.2 Å². The molecule has 0 unspecified atom stereocenters. The van der Waals surface area contributed by atoms with Gasteiger partial charge in [0, 0.05) is 93.2 Å². The number of alkyl halides is 2. The summed E-state index contributed by atoms with van der Waals surface area (Å²) < 4.78 is 50.5. The van der Waals surface area contributed by atoms with Crippen molar-refractivity contribution in [3.8, 4) is 22.5 Å². The Kier molecular flexibility index (Phi) is 15.8. The van der Waals surface area contributed by atoms with E-state index in [-0.39, 0.29) is 56.9 Å². The number of hydrogen-bond acceptors (Lipinski definition) is 13. The third-order valence-electron chi connectivity index (χ3n) is 14.2. The van der Waals surface area contributed by atoms with Gasteiger partial charge in [0.1, 0.15) is 17.9 Å². The lowest BCUT2D eigenvalue weighted by atomic mass is 9.84. The number of ether oxygens (including phenoxy) is 3. The molecule has 3 fully saturated rings. The molecule has 380 valence electrons. The summed E-state index contributed by atoms with van der Waals surface area (Å²) in [4.78, 5) is 70.6. The van der Waals surface area contributed by atoms with Crippen LogP contribution in [0.4, 0.5) is 14.5 Å². The number of thiazole rings is 1. The molecule has 4 aromatic rings. The molecule has 0 spiro atoms. The number of carbonyl (C=O) groups excluding carboxylic acids is 4. The first kappa shape index (κ1) is 51.6. The average Bonchev–Trinajstić information content (AvgIpc) is 3.90. The average molecular weight is 1010 g/mol. The highest BCUT2D eigenvalue weighted by atomic mass is 35.5. The van der Waals surface area contributed by atoms with Crippen LogP contribution in [0.3, 0.4) is 0 Å². The summed E-state index contributed by atoms with van der Waals surface area (Å²) in [5, 5.41) is 7.43. The van der Waals surface area contributed by atoms with Crippen LogP contribution in [0.5, 0.6) is 0 Å². The molecular formula is C50H66ClF2N9O7S. The second kappa shape index (κ2) is 21.5. The molecule has 0 radical (unpaired) electrons. The van der Waals surface area contributed by atoms with E-state index in [1.165, 1.54) is 21.2 Å². The van der Waals surface area contributed by atoms with Gasteiger partial charge in [0.15, 0.2) is 0 Å². The summed E-state index contributed by atoms with van der Waals surface area (Å²) in [6.07, 6.45) is 2.51. The third-order valence-corrected chi connectivity index (χ3v) is 15.2. The molecule has 6 bridgehead atoms. The number of esters is 1. The van der Waals surface area contributed by atoms with E-state index < -0.39 is 64.7 Å². The number of anilines is 1. The lowest BCUT2D eigenvalue weighted by Crippen LogP contribution is -2.61. The number of likely N-dealkylation sites (tertiary alicyclic amines) is 1. The first-order valence-electron chi connectivity index (χ1n) is 24.3. The number of halogens is 3. The van der Waals surface area contributed by atoms with Crippen LogP contribution >= 0.6 is 22.9 Å². The largest absolute Gasteiger partial charge is 0.464 e. The van der Waals surface area contributed by atoms with Gasteiger partial charge in [-0.05, 0) is 69.8 Å². The number of pyridine rings is 1. The number of nitrogens with one attached hydrogen (secondary N) is 2. The Morgan fingerprint density at radius 2 is 1.83 bits per heavy atom. The summed E-state index contributed by atoms with van der Waals surface area (Å²) >= 11 is 6.59. The number of hydrogen-bond donors (Lipinski definition) is 2. The minimum absolute atomic E-state index is 0.0131. The molecule has 70 heavy (non-hydrogen) atoms. The quantitative estimate of drug-likeness (QED) is 0.124. The molecule has 4 aliphatic rings. The summed E-state index contributed by atoms with van der Waals surface area (Å²) in [7, 11) is 3.79. The highest BCUT2D eigenvalue weighted by molar-refractivity contribution is 7.10. The van der Waals surface area contributed by atoms with Crippen LogP contribution < -0.4 is 15.6 Å². The number of cyclic esters (lactones) is 1. The molecule has 7 heterocycles. The van der Waals surface area contributed by atoms with E-state index in [0.29, 0.717) is 42.0 Å². The van der Waals surface area contributed by atoms with Gasteiger partial charge in [-0.25, -0.2) is 19.2 Å². The molecule has 20 heteroatoms. The molecule has 1 aromatic carbocycles. The number of methoxy groups -OCH3 is 1. The maximum atomic E-state index is 16.9. The Morgan fingerprint density at radius 1 is 1.09 bits per heavy atom. The predicted molar refractivity (Wildman–Crippen MR) is 264 cm³/mol. The number of fused-ring (bicyclic) bond motifs is 6. The Morgan fingerprint density at radius 3 is 2.51 bits per heavy atom. The lowest BCUT2D eigenvalue weighted by molar-refractivity contribution is -0.155. The van der Waals surface area contributed by atoms with Crippen LogP contribution in [-0.2, 0) is 52.8 Å². The predicted octanol–water partition coefficient (Wildman–Crippen LogP) is 6.13. The van der Waals surface area contributed by atoms with Gasteiger partial charge < -0.3 is 38.8 Å². The Bertz CT molecular complexity index is 2580. The summed E-state index contributed by atoms with van der Waals surface area (Å²) in [6, 6.07) is 3.66. The van der Waals surface area contributed by atoms with Gasteiger partial charge >= 0.3 is 5.97 Å². The van der Waals surface area contributed by atoms with E-state index in [2.05, 4.69) is 38.2 Å². The number of hydrazine groups is 1. The smallest absolute Gasteiger partial charge is 0.324 e. The van der Waals surface area contributed by atoms with Gasteiger partial charge in [0.25, 0.3) is 17.4 Å². The van der Waals surface area contributed by atoms with E-state index >= 15 is 4.39 Å². The maximum Gasteiger partial charge on any atom is 0.324 e.